The number of hydrogen-bond donors (Lipinski definition) is 0. The van der Waals surface area contributed by atoms with Gasteiger partial charge in [0, 0.05) is 0 Å². The van der Waals surface area contributed by atoms with Gasteiger partial charge in [0.25, 0.3) is 0 Å². The highest BCUT2D eigenvalue weighted by atomic mass is 16.7. The number of hydrogen-bond acceptors (Lipinski definition) is 2. The van der Waals surface area contributed by atoms with Crippen LogP contribution >= 0.6 is 0 Å². The summed E-state index contributed by atoms with van der Waals surface area (Å²) in [5.41, 5.74) is 2.53. The number of rotatable bonds is 5. The summed E-state index contributed by atoms with van der Waals surface area (Å²) in [6.45, 7) is 12.4. The summed E-state index contributed by atoms with van der Waals surface area (Å²) in [4.78, 5) is 0. The molecule has 0 aliphatic carbocycles. The first kappa shape index (κ1) is 20.0. The second kappa shape index (κ2) is 12.8. The van der Waals surface area contributed by atoms with E-state index in [4.69, 9.17) is 9.47 Å². The molecule has 0 aliphatic heterocycles. The molecule has 0 bridgehead atoms. The predicted molar refractivity (Wildman–Crippen MR) is 95.8 cm³/mol. The molecule has 0 fully saturated rings. The summed E-state index contributed by atoms with van der Waals surface area (Å²) in [5.74, 6) is 1.66. The molecule has 0 saturated heterocycles. The van der Waals surface area contributed by atoms with E-state index in [1.165, 1.54) is 11.1 Å². The van der Waals surface area contributed by atoms with Crippen LogP contribution in [-0.2, 0) is 6.42 Å². The Morgan fingerprint density at radius 3 is 1.50 bits per heavy atom. The van der Waals surface area contributed by atoms with E-state index in [1.54, 1.807) is 0 Å². The van der Waals surface area contributed by atoms with E-state index in [-0.39, 0.29) is 6.79 Å². The van der Waals surface area contributed by atoms with E-state index >= 15 is 0 Å². The van der Waals surface area contributed by atoms with E-state index < -0.39 is 0 Å². The normalized spacial score (nSPS) is 8.82. The van der Waals surface area contributed by atoms with Gasteiger partial charge in [-0.15, -0.1) is 0 Å². The van der Waals surface area contributed by atoms with Crippen LogP contribution in [0.3, 0.4) is 0 Å². The molecule has 0 radical (unpaired) electrons. The third-order valence-corrected chi connectivity index (χ3v) is 2.80. The van der Waals surface area contributed by atoms with Crippen molar-refractivity contribution in [2.75, 3.05) is 6.79 Å². The van der Waals surface area contributed by atoms with Crippen molar-refractivity contribution in [2.45, 2.75) is 48.0 Å². The highest BCUT2D eigenvalue weighted by Crippen LogP contribution is 2.14. The Hall–Kier alpha value is -1.96. The number of aryl methyl sites for hydroxylation is 2. The fourth-order valence-corrected chi connectivity index (χ4v) is 1.62. The largest absolute Gasteiger partial charge is 0.458 e. The molecular weight excluding hydrogens is 272 g/mol. The van der Waals surface area contributed by atoms with E-state index in [1.807, 2.05) is 64.1 Å². The van der Waals surface area contributed by atoms with Gasteiger partial charge in [-0.1, -0.05) is 64.4 Å². The molecule has 0 aromatic heterocycles. The second-order valence-corrected chi connectivity index (χ2v) is 4.22. The first-order valence-corrected chi connectivity index (χ1v) is 8.19. The fourth-order valence-electron chi connectivity index (χ4n) is 1.62. The minimum atomic E-state index is 0.231. The molecule has 0 amide bonds. The van der Waals surface area contributed by atoms with Gasteiger partial charge < -0.3 is 9.47 Å². The molecule has 0 spiro atoms. The SMILES string of the molecule is CC.CC.CCc1ccc(OCOc2ccc(C)cc2)cc1. The standard InChI is InChI=1S/C16H18O2.2C2H6/c1-3-14-6-10-16(11-7-14)18-12-17-15-8-4-13(2)5-9-15;2*1-2/h4-11H,3,12H2,1-2H3;2*1-2H3. The van der Waals surface area contributed by atoms with Gasteiger partial charge in [-0.2, -0.15) is 0 Å². The Morgan fingerprint density at radius 2 is 1.09 bits per heavy atom. The lowest BCUT2D eigenvalue weighted by Gasteiger charge is -2.09. The molecule has 0 aliphatic rings. The highest BCUT2D eigenvalue weighted by Gasteiger charge is 1.96. The summed E-state index contributed by atoms with van der Waals surface area (Å²) in [6, 6.07) is 16.0. The van der Waals surface area contributed by atoms with Gasteiger partial charge >= 0.3 is 0 Å². The highest BCUT2D eigenvalue weighted by molar-refractivity contribution is 5.28. The third kappa shape index (κ3) is 7.72. The number of ether oxygens (including phenoxy) is 2. The van der Waals surface area contributed by atoms with E-state index in [9.17, 15) is 0 Å². The van der Waals surface area contributed by atoms with Crippen LogP contribution in [0.1, 0.15) is 45.7 Å². The van der Waals surface area contributed by atoms with Gasteiger partial charge in [-0.3, -0.25) is 0 Å². The lowest BCUT2D eigenvalue weighted by atomic mass is 10.2. The van der Waals surface area contributed by atoms with Crippen LogP contribution in [0.25, 0.3) is 0 Å². The van der Waals surface area contributed by atoms with Crippen molar-refractivity contribution >= 4 is 0 Å². The van der Waals surface area contributed by atoms with Crippen LogP contribution in [0, 0.1) is 6.92 Å². The van der Waals surface area contributed by atoms with E-state index in [0.717, 1.165) is 17.9 Å². The van der Waals surface area contributed by atoms with Gasteiger partial charge in [0.2, 0.25) is 6.79 Å². The van der Waals surface area contributed by atoms with Crippen molar-refractivity contribution in [1.82, 2.24) is 0 Å². The van der Waals surface area contributed by atoms with Crippen LogP contribution < -0.4 is 9.47 Å². The van der Waals surface area contributed by atoms with E-state index in [0.29, 0.717) is 0 Å². The van der Waals surface area contributed by atoms with Gasteiger partial charge in [0.15, 0.2) is 0 Å². The number of benzene rings is 2. The minimum absolute atomic E-state index is 0.231. The van der Waals surface area contributed by atoms with Crippen molar-refractivity contribution < 1.29 is 9.47 Å². The molecule has 2 heteroatoms. The third-order valence-electron chi connectivity index (χ3n) is 2.80. The molecule has 2 rings (SSSR count). The summed E-state index contributed by atoms with van der Waals surface area (Å²) < 4.78 is 11.0. The quantitative estimate of drug-likeness (QED) is 0.628. The molecule has 22 heavy (non-hydrogen) atoms. The maximum atomic E-state index is 5.52. The lowest BCUT2D eigenvalue weighted by molar-refractivity contribution is 0.120. The van der Waals surface area contributed by atoms with Gasteiger partial charge in [0.05, 0.1) is 0 Å². The van der Waals surface area contributed by atoms with Gasteiger partial charge in [0.1, 0.15) is 11.5 Å². The summed E-state index contributed by atoms with van der Waals surface area (Å²) in [6.07, 6.45) is 1.04. The molecule has 0 N–H and O–H groups in total. The molecular formula is C20H30O2. The molecule has 0 saturated carbocycles. The smallest absolute Gasteiger partial charge is 0.230 e. The van der Waals surface area contributed by atoms with Crippen LogP contribution in [0.4, 0.5) is 0 Å². The summed E-state index contributed by atoms with van der Waals surface area (Å²) in [7, 11) is 0. The van der Waals surface area contributed by atoms with Gasteiger partial charge in [-0.05, 0) is 43.2 Å². The van der Waals surface area contributed by atoms with Gasteiger partial charge in [-0.25, -0.2) is 0 Å². The molecule has 0 heterocycles. The van der Waals surface area contributed by atoms with Crippen molar-refractivity contribution in [3.05, 3.63) is 59.7 Å². The average molecular weight is 302 g/mol. The topological polar surface area (TPSA) is 18.5 Å². The Morgan fingerprint density at radius 1 is 0.682 bits per heavy atom. The fraction of sp³-hybridized carbons (Fsp3) is 0.400. The second-order valence-electron chi connectivity index (χ2n) is 4.22. The van der Waals surface area contributed by atoms with Crippen molar-refractivity contribution in [1.29, 1.82) is 0 Å². The monoisotopic (exact) mass is 302 g/mol. The van der Waals surface area contributed by atoms with Crippen molar-refractivity contribution in [3.63, 3.8) is 0 Å². The predicted octanol–water partition coefficient (Wildman–Crippen LogP) is 6.03. The minimum Gasteiger partial charge on any atom is -0.458 e. The first-order valence-electron chi connectivity index (χ1n) is 8.19. The molecule has 2 aromatic carbocycles. The first-order chi connectivity index (χ1) is 10.8. The molecule has 0 atom stereocenters. The Labute approximate surface area is 136 Å². The van der Waals surface area contributed by atoms with Crippen LogP contribution in [-0.4, -0.2) is 6.79 Å². The van der Waals surface area contributed by atoms with Crippen molar-refractivity contribution in [3.8, 4) is 11.5 Å². The molecule has 2 aromatic rings. The van der Waals surface area contributed by atoms with Crippen LogP contribution in [0.2, 0.25) is 0 Å². The summed E-state index contributed by atoms with van der Waals surface area (Å²) >= 11 is 0. The van der Waals surface area contributed by atoms with Crippen LogP contribution in [0.5, 0.6) is 11.5 Å². The van der Waals surface area contributed by atoms with Crippen molar-refractivity contribution in [2.24, 2.45) is 0 Å². The zero-order valence-corrected chi connectivity index (χ0v) is 14.8. The Balaban J connectivity index is 0.00000102. The molecule has 0 unspecified atom stereocenters. The van der Waals surface area contributed by atoms with Crippen LogP contribution in [0.15, 0.2) is 48.5 Å². The van der Waals surface area contributed by atoms with E-state index in [2.05, 4.69) is 26.0 Å². The average Bonchev–Trinajstić information content (AvgIpc) is 2.61. The molecule has 122 valence electrons. The lowest BCUT2D eigenvalue weighted by Crippen LogP contribution is -2.05. The Bertz CT molecular complexity index is 472. The maximum Gasteiger partial charge on any atom is 0.230 e. The zero-order valence-electron chi connectivity index (χ0n) is 14.8. The summed E-state index contributed by atoms with van der Waals surface area (Å²) in [5, 5.41) is 0. The molecule has 2 nitrogen and oxygen atoms in total. The Kier molecular flexibility index (Phi) is 11.6. The maximum absolute atomic E-state index is 5.52. The zero-order chi connectivity index (χ0) is 16.8.